The van der Waals surface area contributed by atoms with Crippen LogP contribution >= 0.6 is 22.9 Å². The number of hydrogen-bond donors (Lipinski definition) is 1. The Hall–Kier alpha value is -1.37. The number of rotatable bonds is 3. The predicted molar refractivity (Wildman–Crippen MR) is 86.1 cm³/mol. The maximum atomic E-state index is 12.4. The van der Waals surface area contributed by atoms with Crippen molar-refractivity contribution in [3.63, 3.8) is 0 Å². The second kappa shape index (κ2) is 6.40. The number of carbonyl (C=O) groups is 1. The molecule has 0 aromatic carbocycles. The molecule has 1 aliphatic heterocycles. The molecule has 1 saturated heterocycles. The molecule has 3 heterocycles. The topological polar surface area (TPSA) is 58.4 Å². The van der Waals surface area contributed by atoms with Gasteiger partial charge in [-0.25, -0.2) is 4.98 Å². The number of likely N-dealkylation sites (tertiary alicyclic amines) is 1. The normalized spacial score (nSPS) is 17.7. The van der Waals surface area contributed by atoms with E-state index >= 15 is 0 Å². The number of aliphatic hydroxyl groups excluding tert-OH is 1. The smallest absolute Gasteiger partial charge is 0.254 e. The number of aryl methyl sites for hydroxylation is 1. The highest BCUT2D eigenvalue weighted by Gasteiger charge is 2.30. The molecule has 0 saturated carbocycles. The van der Waals surface area contributed by atoms with E-state index in [0.717, 1.165) is 12.8 Å². The van der Waals surface area contributed by atoms with Gasteiger partial charge in [-0.05, 0) is 24.8 Å². The Kier molecular flexibility index (Phi) is 4.52. The predicted octanol–water partition coefficient (Wildman–Crippen LogP) is 2.72. The van der Waals surface area contributed by atoms with Crippen LogP contribution in [0.3, 0.4) is 0 Å². The summed E-state index contributed by atoms with van der Waals surface area (Å²) in [7, 11) is 1.88. The van der Waals surface area contributed by atoms with Crippen molar-refractivity contribution < 1.29 is 9.90 Å². The number of aliphatic hydroxyl groups is 1. The highest BCUT2D eigenvalue weighted by molar-refractivity contribution is 7.14. The lowest BCUT2D eigenvalue weighted by Gasteiger charge is -2.33. The molecule has 2 aromatic rings. The van der Waals surface area contributed by atoms with Gasteiger partial charge in [0.25, 0.3) is 5.91 Å². The number of thiophene rings is 1. The zero-order valence-electron chi connectivity index (χ0n) is 12.3. The van der Waals surface area contributed by atoms with E-state index in [1.54, 1.807) is 17.6 Å². The molecule has 3 rings (SSSR count). The number of nitrogens with zero attached hydrogens (tertiary/aromatic N) is 3. The Labute approximate surface area is 138 Å². The van der Waals surface area contributed by atoms with Crippen LogP contribution in [0.1, 0.15) is 35.1 Å². The molecule has 0 bridgehead atoms. The van der Waals surface area contributed by atoms with Crippen molar-refractivity contribution in [2.24, 2.45) is 13.0 Å². The quantitative estimate of drug-likeness (QED) is 0.935. The molecule has 118 valence electrons. The summed E-state index contributed by atoms with van der Waals surface area (Å²) in [6, 6.07) is 1.71. The van der Waals surface area contributed by atoms with Gasteiger partial charge in [-0.3, -0.25) is 4.79 Å². The number of piperidine rings is 1. The summed E-state index contributed by atoms with van der Waals surface area (Å²) in [4.78, 5) is 18.4. The number of aromatic nitrogens is 2. The zero-order valence-corrected chi connectivity index (χ0v) is 13.8. The first-order chi connectivity index (χ1) is 10.6. The first-order valence-corrected chi connectivity index (χ1v) is 8.50. The van der Waals surface area contributed by atoms with Gasteiger partial charge >= 0.3 is 0 Å². The Bertz CT molecular complexity index is 661. The minimum absolute atomic E-state index is 0.0214. The molecule has 1 atom stereocenters. The van der Waals surface area contributed by atoms with Crippen LogP contribution in [0.25, 0.3) is 0 Å². The highest BCUT2D eigenvalue weighted by atomic mass is 35.5. The summed E-state index contributed by atoms with van der Waals surface area (Å²) in [5.41, 5.74) is 0.651. The molecular formula is C15H18ClN3O2S. The van der Waals surface area contributed by atoms with Crippen LogP contribution in [-0.2, 0) is 7.05 Å². The van der Waals surface area contributed by atoms with Gasteiger partial charge in [0.05, 0.1) is 9.90 Å². The molecular weight excluding hydrogens is 322 g/mol. The Morgan fingerprint density at radius 1 is 1.50 bits per heavy atom. The lowest BCUT2D eigenvalue weighted by atomic mass is 9.90. The van der Waals surface area contributed by atoms with E-state index in [1.807, 2.05) is 22.7 Å². The molecule has 22 heavy (non-hydrogen) atoms. The van der Waals surface area contributed by atoms with Gasteiger partial charge in [0.2, 0.25) is 0 Å². The standard InChI is InChI=1S/C15H18ClN3O2S/c1-18-7-4-17-14(18)13(20)10-2-5-19(6-3-10)15(21)11-8-12(16)22-9-11/h4,7-10,13,20H,2-3,5-6H2,1H3/t13-/m0/s1. The van der Waals surface area contributed by atoms with Gasteiger partial charge in [-0.2, -0.15) is 0 Å². The molecule has 0 aliphatic carbocycles. The Morgan fingerprint density at radius 2 is 2.23 bits per heavy atom. The number of hydrogen-bond acceptors (Lipinski definition) is 4. The van der Waals surface area contributed by atoms with E-state index < -0.39 is 6.10 Å². The molecule has 1 aliphatic rings. The van der Waals surface area contributed by atoms with Gasteiger partial charge in [0.15, 0.2) is 0 Å². The zero-order chi connectivity index (χ0) is 15.7. The van der Waals surface area contributed by atoms with Crippen LogP contribution in [0.4, 0.5) is 0 Å². The van der Waals surface area contributed by atoms with Crippen LogP contribution in [0.15, 0.2) is 23.8 Å². The van der Waals surface area contributed by atoms with Crippen LogP contribution in [0.2, 0.25) is 4.34 Å². The summed E-state index contributed by atoms with van der Waals surface area (Å²) in [6.07, 6.45) is 4.50. The molecule has 1 N–H and O–H groups in total. The summed E-state index contributed by atoms with van der Waals surface area (Å²) in [5, 5.41) is 12.2. The SMILES string of the molecule is Cn1ccnc1[C@@H](O)C1CCN(C(=O)c2csc(Cl)c2)CC1. The van der Waals surface area contributed by atoms with Crippen LogP contribution in [0, 0.1) is 5.92 Å². The molecule has 5 nitrogen and oxygen atoms in total. The van der Waals surface area contributed by atoms with E-state index in [0.29, 0.717) is 28.8 Å². The summed E-state index contributed by atoms with van der Waals surface area (Å²) in [5.74, 6) is 0.846. The molecule has 1 fully saturated rings. The summed E-state index contributed by atoms with van der Waals surface area (Å²) >= 11 is 7.25. The van der Waals surface area contributed by atoms with Crippen molar-refractivity contribution in [1.29, 1.82) is 0 Å². The van der Waals surface area contributed by atoms with Crippen molar-refractivity contribution >= 4 is 28.8 Å². The lowest BCUT2D eigenvalue weighted by molar-refractivity contribution is 0.0420. The minimum atomic E-state index is -0.576. The van der Waals surface area contributed by atoms with Crippen LogP contribution < -0.4 is 0 Å². The van der Waals surface area contributed by atoms with Crippen LogP contribution in [-0.4, -0.2) is 38.6 Å². The van der Waals surface area contributed by atoms with Gasteiger partial charge in [-0.15, -0.1) is 11.3 Å². The largest absolute Gasteiger partial charge is 0.385 e. The third-order valence-electron chi connectivity index (χ3n) is 4.21. The Balaban J connectivity index is 1.61. The van der Waals surface area contributed by atoms with E-state index in [-0.39, 0.29) is 11.8 Å². The van der Waals surface area contributed by atoms with Crippen molar-refractivity contribution in [2.75, 3.05) is 13.1 Å². The fourth-order valence-corrected chi connectivity index (χ4v) is 3.75. The van der Waals surface area contributed by atoms with Gasteiger partial charge in [0.1, 0.15) is 11.9 Å². The number of carbonyl (C=O) groups excluding carboxylic acids is 1. The highest BCUT2D eigenvalue weighted by Crippen LogP contribution is 2.30. The lowest BCUT2D eigenvalue weighted by Crippen LogP contribution is -2.39. The van der Waals surface area contributed by atoms with Crippen molar-refractivity contribution in [1.82, 2.24) is 14.5 Å². The fraction of sp³-hybridized carbons (Fsp3) is 0.467. The maximum Gasteiger partial charge on any atom is 0.254 e. The first-order valence-electron chi connectivity index (χ1n) is 7.25. The summed E-state index contributed by atoms with van der Waals surface area (Å²) < 4.78 is 2.47. The second-order valence-corrected chi connectivity index (χ2v) is 7.15. The second-order valence-electron chi connectivity index (χ2n) is 5.61. The van der Waals surface area contributed by atoms with E-state index in [9.17, 15) is 9.90 Å². The molecule has 0 unspecified atom stereocenters. The number of amides is 1. The third-order valence-corrected chi connectivity index (χ3v) is 5.30. The molecule has 2 aromatic heterocycles. The van der Waals surface area contributed by atoms with Crippen molar-refractivity contribution in [2.45, 2.75) is 18.9 Å². The van der Waals surface area contributed by atoms with Crippen molar-refractivity contribution in [3.05, 3.63) is 39.6 Å². The third kappa shape index (κ3) is 3.04. The minimum Gasteiger partial charge on any atom is -0.385 e. The average molecular weight is 340 g/mol. The van der Waals surface area contributed by atoms with E-state index in [2.05, 4.69) is 4.98 Å². The van der Waals surface area contributed by atoms with E-state index in [1.165, 1.54) is 11.3 Å². The molecule has 1 amide bonds. The fourth-order valence-electron chi connectivity index (χ4n) is 2.90. The molecule has 0 radical (unpaired) electrons. The average Bonchev–Trinajstić information content (AvgIpc) is 3.14. The summed E-state index contributed by atoms with van der Waals surface area (Å²) in [6.45, 7) is 1.30. The first kappa shape index (κ1) is 15.5. The monoisotopic (exact) mass is 339 g/mol. The maximum absolute atomic E-state index is 12.4. The van der Waals surface area contributed by atoms with Crippen molar-refractivity contribution in [3.8, 4) is 0 Å². The molecule has 0 spiro atoms. The number of halogens is 1. The van der Waals surface area contributed by atoms with E-state index in [4.69, 9.17) is 11.6 Å². The number of imidazole rings is 1. The van der Waals surface area contributed by atoms with Gasteiger partial charge < -0.3 is 14.6 Å². The Morgan fingerprint density at radius 3 is 2.77 bits per heavy atom. The van der Waals surface area contributed by atoms with Gasteiger partial charge in [-0.1, -0.05) is 11.6 Å². The molecule has 7 heteroatoms. The van der Waals surface area contributed by atoms with Crippen LogP contribution in [0.5, 0.6) is 0 Å². The van der Waals surface area contributed by atoms with Gasteiger partial charge in [0, 0.05) is 37.9 Å².